The maximum atomic E-state index is 12.8. The van der Waals surface area contributed by atoms with Gasteiger partial charge in [-0.3, -0.25) is 9.78 Å². The number of carbonyl (C=O) groups is 1. The lowest BCUT2D eigenvalue weighted by Gasteiger charge is -2.14. The number of aryl methyl sites for hydroxylation is 1. The summed E-state index contributed by atoms with van der Waals surface area (Å²) in [6.45, 7) is 4.90. The summed E-state index contributed by atoms with van der Waals surface area (Å²) in [6, 6.07) is 8.15. The Kier molecular flexibility index (Phi) is 5.98. The average Bonchev–Trinajstić information content (AvgIpc) is 3.57. The molecule has 4 rings (SSSR count). The summed E-state index contributed by atoms with van der Waals surface area (Å²) in [5.74, 6) is 1.38. The summed E-state index contributed by atoms with van der Waals surface area (Å²) in [5.41, 5.74) is 5.66. The van der Waals surface area contributed by atoms with Gasteiger partial charge in [-0.1, -0.05) is 13.3 Å². The topological polar surface area (TPSA) is 64.1 Å². The largest absolute Gasteiger partial charge is 0.478 e. The maximum absolute atomic E-state index is 12.8. The number of carbonyl (C=O) groups excluding carboxylic acids is 1. The lowest BCUT2D eigenvalue weighted by Crippen LogP contribution is -2.06. The number of hydrogen-bond acceptors (Lipinski definition) is 5. The van der Waals surface area contributed by atoms with Crippen LogP contribution in [-0.2, 0) is 0 Å². The highest BCUT2D eigenvalue weighted by atomic mass is 16.5. The highest BCUT2D eigenvalue weighted by Gasteiger charge is 2.26. The number of rotatable bonds is 9. The molecule has 156 valence electrons. The van der Waals surface area contributed by atoms with Gasteiger partial charge in [0.2, 0.25) is 5.88 Å². The van der Waals surface area contributed by atoms with Crippen LogP contribution in [0.4, 0.5) is 5.69 Å². The molecule has 1 aromatic carbocycles. The number of ketones is 1. The number of anilines is 1. The van der Waals surface area contributed by atoms with Gasteiger partial charge >= 0.3 is 0 Å². The minimum absolute atomic E-state index is 0.175. The highest BCUT2D eigenvalue weighted by molar-refractivity contribution is 6.09. The second-order valence-electron chi connectivity index (χ2n) is 8.14. The van der Waals surface area contributed by atoms with E-state index in [1.807, 2.05) is 25.4 Å². The molecule has 0 radical (unpaired) electrons. The Bertz CT molecular complexity index is 1060. The zero-order chi connectivity index (χ0) is 21.1. The number of aromatic nitrogens is 2. The van der Waals surface area contributed by atoms with Crippen molar-refractivity contribution in [1.82, 2.24) is 9.97 Å². The SMILES string of the molecule is CCCCOc1ccc(-c2cc3c(NC)c(C(=O)CC4CC4)cnc3cc2C)cn1. The van der Waals surface area contributed by atoms with Gasteiger partial charge in [-0.25, -0.2) is 4.98 Å². The number of fused-ring (bicyclic) bond motifs is 1. The standard InChI is InChI=1S/C25H29N3O2/c1-4-5-10-30-24-9-8-18(14-28-24)19-13-20-22(11-16(19)2)27-15-21(25(20)26-3)23(29)12-17-6-7-17/h8-9,11,13-15,17H,4-7,10,12H2,1-3H3,(H,26,27). The van der Waals surface area contributed by atoms with Crippen molar-refractivity contribution in [3.05, 3.63) is 47.8 Å². The van der Waals surface area contributed by atoms with E-state index in [1.165, 1.54) is 0 Å². The molecule has 5 heteroatoms. The highest BCUT2D eigenvalue weighted by Crippen LogP contribution is 2.37. The number of hydrogen-bond donors (Lipinski definition) is 1. The second kappa shape index (κ2) is 8.82. The smallest absolute Gasteiger partial charge is 0.213 e. The third kappa shape index (κ3) is 4.30. The zero-order valence-electron chi connectivity index (χ0n) is 18.0. The van der Waals surface area contributed by atoms with Crippen molar-refractivity contribution in [2.45, 2.75) is 46.0 Å². The molecule has 2 heterocycles. The van der Waals surface area contributed by atoms with E-state index in [0.29, 0.717) is 30.4 Å². The van der Waals surface area contributed by atoms with Gasteiger partial charge in [0.1, 0.15) is 0 Å². The van der Waals surface area contributed by atoms with E-state index in [1.54, 1.807) is 6.20 Å². The van der Waals surface area contributed by atoms with Crippen molar-refractivity contribution in [2.24, 2.45) is 5.92 Å². The first-order valence-corrected chi connectivity index (χ1v) is 10.8. The number of Topliss-reactive ketones (excluding diaryl/α,β-unsaturated/α-hetero) is 1. The number of ether oxygens (including phenoxy) is 1. The van der Waals surface area contributed by atoms with Crippen LogP contribution < -0.4 is 10.1 Å². The third-order valence-electron chi connectivity index (χ3n) is 5.73. The Morgan fingerprint density at radius 2 is 2.03 bits per heavy atom. The molecular weight excluding hydrogens is 374 g/mol. The minimum Gasteiger partial charge on any atom is -0.478 e. The van der Waals surface area contributed by atoms with E-state index >= 15 is 0 Å². The molecule has 1 saturated carbocycles. The lowest BCUT2D eigenvalue weighted by atomic mass is 9.96. The van der Waals surface area contributed by atoms with Gasteiger partial charge in [-0.15, -0.1) is 0 Å². The molecule has 0 aliphatic heterocycles. The summed E-state index contributed by atoms with van der Waals surface area (Å²) >= 11 is 0. The van der Waals surface area contributed by atoms with Crippen molar-refractivity contribution in [3.63, 3.8) is 0 Å². The molecule has 30 heavy (non-hydrogen) atoms. The molecule has 0 spiro atoms. The van der Waals surface area contributed by atoms with Gasteiger partial charge in [-0.05, 0) is 61.4 Å². The molecule has 1 aliphatic rings. The Hall–Kier alpha value is -2.95. The fraction of sp³-hybridized carbons (Fsp3) is 0.400. The molecule has 2 aromatic heterocycles. The van der Waals surface area contributed by atoms with Gasteiger partial charge < -0.3 is 10.1 Å². The zero-order valence-corrected chi connectivity index (χ0v) is 18.0. The summed E-state index contributed by atoms with van der Waals surface area (Å²) in [7, 11) is 1.87. The first kappa shape index (κ1) is 20.3. The third-order valence-corrected chi connectivity index (χ3v) is 5.73. The second-order valence-corrected chi connectivity index (χ2v) is 8.14. The van der Waals surface area contributed by atoms with Crippen LogP contribution >= 0.6 is 0 Å². The fourth-order valence-corrected chi connectivity index (χ4v) is 3.78. The predicted molar refractivity (Wildman–Crippen MR) is 121 cm³/mol. The Balaban J connectivity index is 1.69. The Morgan fingerprint density at radius 1 is 1.20 bits per heavy atom. The van der Waals surface area contributed by atoms with E-state index in [9.17, 15) is 4.79 Å². The van der Waals surface area contributed by atoms with Gasteiger partial charge in [0.15, 0.2) is 5.78 Å². The fourth-order valence-electron chi connectivity index (χ4n) is 3.78. The molecule has 0 unspecified atom stereocenters. The summed E-state index contributed by atoms with van der Waals surface area (Å²) < 4.78 is 5.68. The number of nitrogens with one attached hydrogen (secondary N) is 1. The van der Waals surface area contributed by atoms with Crippen molar-refractivity contribution >= 4 is 22.4 Å². The van der Waals surface area contributed by atoms with E-state index in [4.69, 9.17) is 4.74 Å². The molecule has 0 saturated heterocycles. The molecule has 1 aliphatic carbocycles. The average molecular weight is 404 g/mol. The summed E-state index contributed by atoms with van der Waals surface area (Å²) in [5, 5.41) is 4.21. The van der Waals surface area contributed by atoms with Gasteiger partial charge in [0, 0.05) is 42.9 Å². The lowest BCUT2D eigenvalue weighted by molar-refractivity contribution is 0.0976. The van der Waals surface area contributed by atoms with E-state index in [-0.39, 0.29) is 5.78 Å². The number of benzene rings is 1. The van der Waals surface area contributed by atoms with Crippen molar-refractivity contribution < 1.29 is 9.53 Å². The number of pyridine rings is 2. The minimum atomic E-state index is 0.175. The first-order valence-electron chi connectivity index (χ1n) is 10.8. The maximum Gasteiger partial charge on any atom is 0.213 e. The molecule has 1 N–H and O–H groups in total. The van der Waals surface area contributed by atoms with Crippen LogP contribution in [0, 0.1) is 12.8 Å². The van der Waals surface area contributed by atoms with Gasteiger partial charge in [-0.2, -0.15) is 0 Å². The molecular formula is C25H29N3O2. The van der Waals surface area contributed by atoms with Crippen LogP contribution in [0.5, 0.6) is 5.88 Å². The summed E-state index contributed by atoms with van der Waals surface area (Å²) in [6.07, 6.45) is 8.64. The van der Waals surface area contributed by atoms with Crippen molar-refractivity contribution in [3.8, 4) is 17.0 Å². The van der Waals surface area contributed by atoms with Crippen LogP contribution in [-0.4, -0.2) is 29.4 Å². The normalized spacial score (nSPS) is 13.4. The first-order chi connectivity index (χ1) is 14.6. The van der Waals surface area contributed by atoms with Gasteiger partial charge in [0.25, 0.3) is 0 Å². The van der Waals surface area contributed by atoms with E-state index in [0.717, 1.165) is 59.0 Å². The van der Waals surface area contributed by atoms with Crippen molar-refractivity contribution in [1.29, 1.82) is 0 Å². The summed E-state index contributed by atoms with van der Waals surface area (Å²) in [4.78, 5) is 21.8. The molecule has 0 atom stereocenters. The van der Waals surface area contributed by atoms with E-state index < -0.39 is 0 Å². The van der Waals surface area contributed by atoms with Crippen LogP contribution in [0.3, 0.4) is 0 Å². The van der Waals surface area contributed by atoms with Crippen LogP contribution in [0.2, 0.25) is 0 Å². The van der Waals surface area contributed by atoms with Crippen LogP contribution in [0.1, 0.15) is 54.9 Å². The van der Waals surface area contributed by atoms with Crippen LogP contribution in [0.25, 0.3) is 22.0 Å². The number of nitrogens with zero attached hydrogens (tertiary/aromatic N) is 2. The molecule has 3 aromatic rings. The van der Waals surface area contributed by atoms with Crippen LogP contribution in [0.15, 0.2) is 36.7 Å². The predicted octanol–water partition coefficient (Wildman–Crippen LogP) is 5.81. The molecule has 5 nitrogen and oxygen atoms in total. The molecule has 0 bridgehead atoms. The Labute approximate surface area is 177 Å². The quantitative estimate of drug-likeness (QED) is 0.361. The Morgan fingerprint density at radius 3 is 2.70 bits per heavy atom. The molecule has 0 amide bonds. The van der Waals surface area contributed by atoms with Crippen molar-refractivity contribution in [2.75, 3.05) is 19.0 Å². The van der Waals surface area contributed by atoms with Gasteiger partial charge in [0.05, 0.1) is 23.4 Å². The monoisotopic (exact) mass is 403 g/mol. The van der Waals surface area contributed by atoms with E-state index in [2.05, 4.69) is 41.3 Å². The molecule has 1 fully saturated rings. The number of unbranched alkanes of at least 4 members (excludes halogenated alkanes) is 1.